The standard InChI is InChI=1S/C9H5F3N4O3/c10-5-2-1-4(16(18)19)3-6(5)15-9(17)13-8(14-15)7(11)12/h1-3,7H,(H,13,14,17). The van der Waals surface area contributed by atoms with Crippen LogP contribution in [0.25, 0.3) is 5.69 Å². The molecule has 0 aliphatic carbocycles. The number of rotatable bonds is 3. The van der Waals surface area contributed by atoms with Crippen molar-refractivity contribution >= 4 is 5.69 Å². The van der Waals surface area contributed by atoms with Crippen molar-refractivity contribution in [1.29, 1.82) is 0 Å². The number of nitro groups is 1. The molecule has 0 saturated carbocycles. The normalized spacial score (nSPS) is 10.9. The number of non-ortho nitro benzene ring substituents is 1. The molecule has 2 rings (SSSR count). The number of aromatic amines is 1. The molecule has 0 aliphatic rings. The fourth-order valence-corrected chi connectivity index (χ4v) is 1.38. The Labute approximate surface area is 102 Å². The van der Waals surface area contributed by atoms with Gasteiger partial charge >= 0.3 is 5.69 Å². The number of benzene rings is 1. The summed E-state index contributed by atoms with van der Waals surface area (Å²) in [5, 5.41) is 13.7. The van der Waals surface area contributed by atoms with Gasteiger partial charge in [-0.3, -0.25) is 15.1 Å². The number of aromatic nitrogens is 3. The van der Waals surface area contributed by atoms with E-state index >= 15 is 0 Å². The average Bonchev–Trinajstić information content (AvgIpc) is 2.72. The van der Waals surface area contributed by atoms with Crippen molar-refractivity contribution in [3.8, 4) is 5.69 Å². The van der Waals surface area contributed by atoms with Crippen molar-refractivity contribution in [2.75, 3.05) is 0 Å². The highest BCUT2D eigenvalue weighted by molar-refractivity contribution is 5.43. The van der Waals surface area contributed by atoms with E-state index < -0.39 is 40.1 Å². The van der Waals surface area contributed by atoms with Gasteiger partial charge in [0.15, 0.2) is 5.82 Å². The summed E-state index contributed by atoms with van der Waals surface area (Å²) >= 11 is 0. The molecule has 19 heavy (non-hydrogen) atoms. The minimum absolute atomic E-state index is 0.309. The molecule has 0 fully saturated rings. The lowest BCUT2D eigenvalue weighted by molar-refractivity contribution is -0.384. The molecule has 0 unspecified atom stereocenters. The van der Waals surface area contributed by atoms with Gasteiger partial charge in [-0.05, 0) is 6.07 Å². The Morgan fingerprint density at radius 2 is 2.11 bits per heavy atom. The molecule has 100 valence electrons. The Morgan fingerprint density at radius 1 is 1.42 bits per heavy atom. The Balaban J connectivity index is 2.61. The SMILES string of the molecule is O=c1[nH]c(C(F)F)nn1-c1cc([N+](=O)[O-])ccc1F. The van der Waals surface area contributed by atoms with Gasteiger partial charge in [0.25, 0.3) is 12.1 Å². The second-order valence-electron chi connectivity index (χ2n) is 3.42. The van der Waals surface area contributed by atoms with E-state index in [1.165, 1.54) is 0 Å². The zero-order valence-electron chi connectivity index (χ0n) is 9.01. The van der Waals surface area contributed by atoms with E-state index in [2.05, 4.69) is 5.10 Å². The lowest BCUT2D eigenvalue weighted by Gasteiger charge is -2.01. The molecule has 7 nitrogen and oxygen atoms in total. The van der Waals surface area contributed by atoms with Gasteiger partial charge in [0.2, 0.25) is 0 Å². The molecule has 0 spiro atoms. The number of nitrogens with zero attached hydrogens (tertiary/aromatic N) is 3. The van der Waals surface area contributed by atoms with Gasteiger partial charge in [-0.15, -0.1) is 5.10 Å². The molecule has 0 bridgehead atoms. The molecule has 1 heterocycles. The first-order valence-corrected chi connectivity index (χ1v) is 4.82. The number of hydrogen-bond acceptors (Lipinski definition) is 4. The van der Waals surface area contributed by atoms with Crippen molar-refractivity contribution in [3.63, 3.8) is 0 Å². The highest BCUT2D eigenvalue weighted by Gasteiger charge is 2.19. The summed E-state index contributed by atoms with van der Waals surface area (Å²) in [7, 11) is 0. The highest BCUT2D eigenvalue weighted by atomic mass is 19.3. The number of halogens is 3. The first-order chi connectivity index (χ1) is 8.90. The van der Waals surface area contributed by atoms with E-state index in [-0.39, 0.29) is 0 Å². The molecule has 10 heteroatoms. The molecule has 0 amide bonds. The van der Waals surface area contributed by atoms with Crippen molar-refractivity contribution < 1.29 is 18.1 Å². The molecule has 0 aliphatic heterocycles. The van der Waals surface area contributed by atoms with E-state index in [1.54, 1.807) is 4.98 Å². The largest absolute Gasteiger partial charge is 0.348 e. The van der Waals surface area contributed by atoms with Gasteiger partial charge in [0.05, 0.1) is 4.92 Å². The Morgan fingerprint density at radius 3 is 2.63 bits per heavy atom. The zero-order chi connectivity index (χ0) is 14.2. The van der Waals surface area contributed by atoms with E-state index in [0.717, 1.165) is 18.2 Å². The number of hydrogen-bond donors (Lipinski definition) is 1. The molecule has 1 aromatic heterocycles. The van der Waals surface area contributed by atoms with Crippen LogP contribution < -0.4 is 5.69 Å². The highest BCUT2D eigenvalue weighted by Crippen LogP contribution is 2.20. The van der Waals surface area contributed by atoms with E-state index in [1.807, 2.05) is 0 Å². The smallest absolute Gasteiger partial charge is 0.288 e. The van der Waals surface area contributed by atoms with Crippen molar-refractivity contribution in [2.45, 2.75) is 6.43 Å². The predicted octanol–water partition coefficient (Wildman–Crippen LogP) is 1.55. The fourth-order valence-electron chi connectivity index (χ4n) is 1.38. The number of H-pyrrole nitrogens is 1. The lowest BCUT2D eigenvalue weighted by atomic mass is 10.2. The molecule has 0 atom stereocenters. The van der Waals surface area contributed by atoms with Gasteiger partial charge in [0, 0.05) is 12.1 Å². The third-order valence-corrected chi connectivity index (χ3v) is 2.21. The van der Waals surface area contributed by atoms with Crippen LogP contribution in [0, 0.1) is 15.9 Å². The van der Waals surface area contributed by atoms with E-state index in [9.17, 15) is 28.1 Å². The summed E-state index contributed by atoms with van der Waals surface area (Å²) in [5.41, 5.74) is -2.19. The van der Waals surface area contributed by atoms with Crippen LogP contribution in [-0.2, 0) is 0 Å². The summed E-state index contributed by atoms with van der Waals surface area (Å²) in [6, 6.07) is 2.36. The van der Waals surface area contributed by atoms with Crippen molar-refractivity contribution in [1.82, 2.24) is 14.8 Å². The Hall–Kier alpha value is -2.65. The van der Waals surface area contributed by atoms with Crippen LogP contribution in [0.2, 0.25) is 0 Å². The molecule has 0 radical (unpaired) electrons. The number of alkyl halides is 2. The van der Waals surface area contributed by atoms with Crippen LogP contribution in [0.3, 0.4) is 0 Å². The van der Waals surface area contributed by atoms with Gasteiger partial charge in [-0.2, -0.15) is 4.68 Å². The summed E-state index contributed by atoms with van der Waals surface area (Å²) < 4.78 is 38.5. The van der Waals surface area contributed by atoms with Gasteiger partial charge in [-0.25, -0.2) is 18.0 Å². The first-order valence-electron chi connectivity index (χ1n) is 4.82. The molecule has 0 saturated heterocycles. The Kier molecular flexibility index (Phi) is 3.07. The van der Waals surface area contributed by atoms with Gasteiger partial charge < -0.3 is 0 Å². The topological polar surface area (TPSA) is 93.8 Å². The quantitative estimate of drug-likeness (QED) is 0.678. The van der Waals surface area contributed by atoms with Crippen LogP contribution in [0.4, 0.5) is 18.9 Å². The first kappa shape index (κ1) is 12.8. The van der Waals surface area contributed by atoms with Gasteiger partial charge in [-0.1, -0.05) is 0 Å². The maximum absolute atomic E-state index is 13.5. The second kappa shape index (κ2) is 4.55. The maximum atomic E-state index is 13.5. The summed E-state index contributed by atoms with van der Waals surface area (Å²) in [6.45, 7) is 0. The molecular weight excluding hydrogens is 269 g/mol. The second-order valence-corrected chi connectivity index (χ2v) is 3.42. The predicted molar refractivity (Wildman–Crippen MR) is 55.8 cm³/mol. The number of nitro benzene ring substituents is 1. The third-order valence-electron chi connectivity index (χ3n) is 2.21. The summed E-state index contributed by atoms with van der Waals surface area (Å²) in [4.78, 5) is 22.8. The monoisotopic (exact) mass is 274 g/mol. The molecule has 1 N–H and O–H groups in total. The molecule has 2 aromatic rings. The summed E-state index contributed by atoms with van der Waals surface area (Å²) in [5.74, 6) is -1.95. The molecule has 1 aromatic carbocycles. The zero-order valence-corrected chi connectivity index (χ0v) is 9.01. The lowest BCUT2D eigenvalue weighted by Crippen LogP contribution is -2.17. The van der Waals surface area contributed by atoms with Crippen LogP contribution in [0.15, 0.2) is 23.0 Å². The maximum Gasteiger partial charge on any atom is 0.348 e. The fraction of sp³-hybridized carbons (Fsp3) is 0.111. The average molecular weight is 274 g/mol. The minimum Gasteiger partial charge on any atom is -0.288 e. The van der Waals surface area contributed by atoms with E-state index in [4.69, 9.17) is 0 Å². The molecular formula is C9H5F3N4O3. The van der Waals surface area contributed by atoms with Crippen LogP contribution in [0.1, 0.15) is 12.2 Å². The van der Waals surface area contributed by atoms with Gasteiger partial charge in [0.1, 0.15) is 11.5 Å². The summed E-state index contributed by atoms with van der Waals surface area (Å²) in [6.07, 6.45) is -3.05. The van der Waals surface area contributed by atoms with Crippen LogP contribution in [-0.4, -0.2) is 19.7 Å². The number of nitrogens with one attached hydrogen (secondary N) is 1. The van der Waals surface area contributed by atoms with E-state index in [0.29, 0.717) is 4.68 Å². The minimum atomic E-state index is -3.05. The van der Waals surface area contributed by atoms with Crippen molar-refractivity contribution in [3.05, 3.63) is 50.4 Å². The third kappa shape index (κ3) is 2.32. The van der Waals surface area contributed by atoms with Crippen LogP contribution in [0.5, 0.6) is 0 Å². The Bertz CT molecular complexity index is 694. The van der Waals surface area contributed by atoms with Crippen LogP contribution >= 0.6 is 0 Å². The van der Waals surface area contributed by atoms with Crippen molar-refractivity contribution in [2.24, 2.45) is 0 Å².